The van der Waals surface area contributed by atoms with Crippen LogP contribution >= 0.6 is 0 Å². The zero-order chi connectivity index (χ0) is 7.49. The topological polar surface area (TPSA) is 34.3 Å². The fourth-order valence-corrected chi connectivity index (χ4v) is 0.260. The quantitative estimate of drug-likeness (QED) is 0.569. The van der Waals surface area contributed by atoms with E-state index >= 15 is 0 Å². The molecule has 0 aliphatic heterocycles. The maximum absolute atomic E-state index is 11.2. The molecule has 0 bridgehead atoms. The lowest BCUT2D eigenvalue weighted by molar-refractivity contribution is -0.186. The van der Waals surface area contributed by atoms with E-state index in [1.807, 2.05) is 0 Å². The van der Waals surface area contributed by atoms with Crippen molar-refractivity contribution in [2.24, 2.45) is 0 Å². The average Bonchev–Trinajstić information content (AvgIpc) is 1.62. The van der Waals surface area contributed by atoms with E-state index in [1.165, 1.54) is 6.92 Å². The van der Waals surface area contributed by atoms with Gasteiger partial charge in [-0.1, -0.05) is 6.92 Å². The van der Waals surface area contributed by atoms with Crippen LogP contribution in [-0.4, -0.2) is 17.6 Å². The van der Waals surface area contributed by atoms with Gasteiger partial charge in [0.1, 0.15) is 6.23 Å². The lowest BCUT2D eigenvalue weighted by Crippen LogP contribution is -2.32. The van der Waals surface area contributed by atoms with Crippen LogP contribution in [0.15, 0.2) is 0 Å². The van der Waals surface area contributed by atoms with E-state index in [9.17, 15) is 13.2 Å². The summed E-state index contributed by atoms with van der Waals surface area (Å²) in [5.74, 6) is 0. The molecule has 1 N–H and O–H groups in total. The number of aliphatic hydroxyl groups excluding tert-OH is 1. The highest BCUT2D eigenvalue weighted by Crippen LogP contribution is 2.12. The number of halogens is 3. The van der Waals surface area contributed by atoms with Crippen LogP contribution in [0, 0.1) is 0 Å². The molecule has 0 aromatic rings. The second kappa shape index (κ2) is 3.03. The molecular weight excluding hydrogens is 135 g/mol. The highest BCUT2D eigenvalue weighted by Gasteiger charge is 2.31. The van der Waals surface area contributed by atoms with Crippen molar-refractivity contribution in [3.05, 3.63) is 0 Å². The van der Waals surface area contributed by atoms with Gasteiger partial charge < -0.3 is 5.11 Å². The molecule has 9 heavy (non-hydrogen) atoms. The molecule has 2 nitrogen and oxygen atoms in total. The van der Waals surface area contributed by atoms with Gasteiger partial charge in [-0.25, -0.2) is 0 Å². The number of hydrogen-bond acceptors (Lipinski definition) is 1. The van der Waals surface area contributed by atoms with Crippen molar-refractivity contribution >= 4 is 0 Å². The van der Waals surface area contributed by atoms with E-state index in [0.29, 0.717) is 0 Å². The van der Waals surface area contributed by atoms with Gasteiger partial charge >= 0.3 is 6.30 Å². The molecule has 0 fully saturated rings. The fraction of sp³-hybridized carbons (Fsp3) is 1.00. The Bertz CT molecular complexity index is 82.4. The van der Waals surface area contributed by atoms with Crippen molar-refractivity contribution < 1.29 is 18.3 Å². The molecule has 1 radical (unpaired) electrons. The van der Waals surface area contributed by atoms with E-state index < -0.39 is 12.5 Å². The van der Waals surface area contributed by atoms with Gasteiger partial charge in [0.15, 0.2) is 0 Å². The van der Waals surface area contributed by atoms with Crippen molar-refractivity contribution in [3.8, 4) is 0 Å². The molecule has 0 spiro atoms. The molecule has 5 heteroatoms. The molecule has 0 rings (SSSR count). The molecule has 1 atom stereocenters. The van der Waals surface area contributed by atoms with E-state index in [4.69, 9.17) is 5.11 Å². The molecule has 0 saturated carbocycles. The van der Waals surface area contributed by atoms with Crippen LogP contribution in [0.5, 0.6) is 0 Å². The lowest BCUT2D eigenvalue weighted by atomic mass is 10.4. The van der Waals surface area contributed by atoms with Crippen molar-refractivity contribution in [3.63, 3.8) is 0 Å². The van der Waals surface area contributed by atoms with E-state index in [0.717, 1.165) is 0 Å². The van der Waals surface area contributed by atoms with Gasteiger partial charge in [0.25, 0.3) is 0 Å². The zero-order valence-electron chi connectivity index (χ0n) is 4.81. The Hall–Kier alpha value is -0.290. The molecule has 0 saturated heterocycles. The Kier molecular flexibility index (Phi) is 2.93. The summed E-state index contributed by atoms with van der Waals surface area (Å²) in [5, 5.41) is 10.4. The molecule has 0 heterocycles. The van der Waals surface area contributed by atoms with Gasteiger partial charge in [-0.15, -0.1) is 5.32 Å². The van der Waals surface area contributed by atoms with Crippen LogP contribution in [0.1, 0.15) is 13.3 Å². The van der Waals surface area contributed by atoms with Crippen LogP contribution in [0.4, 0.5) is 13.2 Å². The van der Waals surface area contributed by atoms with Crippen molar-refractivity contribution in [1.29, 1.82) is 0 Å². The number of aliphatic hydroxyl groups is 1. The summed E-state index contributed by atoms with van der Waals surface area (Å²) in [6.07, 6.45) is -6.22. The van der Waals surface area contributed by atoms with Crippen molar-refractivity contribution in [2.75, 3.05) is 0 Å². The van der Waals surface area contributed by atoms with Crippen molar-refractivity contribution in [1.82, 2.24) is 5.32 Å². The second-order valence-corrected chi connectivity index (χ2v) is 1.49. The van der Waals surface area contributed by atoms with Gasteiger partial charge in [0.05, 0.1) is 0 Å². The Morgan fingerprint density at radius 2 is 2.00 bits per heavy atom. The van der Waals surface area contributed by atoms with Crippen LogP contribution in [-0.2, 0) is 0 Å². The molecule has 0 amide bonds. The summed E-state index contributed by atoms with van der Waals surface area (Å²) < 4.78 is 33.5. The molecule has 0 aromatic carbocycles. The Morgan fingerprint density at radius 1 is 1.56 bits per heavy atom. The van der Waals surface area contributed by atoms with E-state index in [-0.39, 0.29) is 6.42 Å². The van der Waals surface area contributed by atoms with Gasteiger partial charge in [0, 0.05) is 0 Å². The second-order valence-electron chi connectivity index (χ2n) is 1.49. The molecular formula is C4H7F3NO. The lowest BCUT2D eigenvalue weighted by Gasteiger charge is -2.09. The first kappa shape index (κ1) is 8.71. The van der Waals surface area contributed by atoms with E-state index in [2.05, 4.69) is 5.32 Å². The third-order valence-corrected chi connectivity index (χ3v) is 0.661. The molecule has 0 aliphatic carbocycles. The maximum Gasteiger partial charge on any atom is 0.476 e. The highest BCUT2D eigenvalue weighted by atomic mass is 19.4. The third kappa shape index (κ3) is 5.58. The first-order chi connectivity index (χ1) is 3.95. The number of rotatable bonds is 2. The summed E-state index contributed by atoms with van der Waals surface area (Å²) in [6, 6.07) is 0. The van der Waals surface area contributed by atoms with Gasteiger partial charge in [-0.05, 0) is 6.42 Å². The highest BCUT2D eigenvalue weighted by molar-refractivity contribution is 4.50. The number of nitrogens with zero attached hydrogens (tertiary/aromatic N) is 1. The first-order valence-electron chi connectivity index (χ1n) is 2.42. The van der Waals surface area contributed by atoms with Crippen molar-refractivity contribution in [2.45, 2.75) is 25.9 Å². The van der Waals surface area contributed by atoms with Gasteiger partial charge in [-0.2, -0.15) is 13.2 Å². The molecule has 0 aromatic heterocycles. The summed E-state index contributed by atoms with van der Waals surface area (Å²) in [6.45, 7) is 1.42. The minimum atomic E-state index is -4.60. The monoisotopic (exact) mass is 142 g/mol. The van der Waals surface area contributed by atoms with Crippen LogP contribution in [0.25, 0.3) is 0 Å². The predicted octanol–water partition coefficient (Wildman–Crippen LogP) is 0.839. The predicted molar refractivity (Wildman–Crippen MR) is 24.5 cm³/mol. The summed E-state index contributed by atoms with van der Waals surface area (Å²) in [5.41, 5.74) is 0. The average molecular weight is 142 g/mol. The Morgan fingerprint density at radius 3 is 2.11 bits per heavy atom. The third-order valence-electron chi connectivity index (χ3n) is 0.661. The van der Waals surface area contributed by atoms with Gasteiger partial charge in [0.2, 0.25) is 0 Å². The minimum Gasteiger partial charge on any atom is -0.377 e. The molecule has 1 unspecified atom stereocenters. The first-order valence-corrected chi connectivity index (χ1v) is 2.42. The normalized spacial score (nSPS) is 15.7. The maximum atomic E-state index is 11.2. The van der Waals surface area contributed by atoms with E-state index in [1.54, 1.807) is 0 Å². The molecule has 55 valence electrons. The van der Waals surface area contributed by atoms with Crippen LogP contribution in [0.3, 0.4) is 0 Å². The smallest absolute Gasteiger partial charge is 0.377 e. The Balaban J connectivity index is 3.47. The summed E-state index contributed by atoms with van der Waals surface area (Å²) >= 11 is 0. The number of alkyl halides is 3. The zero-order valence-corrected chi connectivity index (χ0v) is 4.81. The number of hydrogen-bond donors (Lipinski definition) is 1. The fourth-order valence-electron chi connectivity index (χ4n) is 0.260. The largest absolute Gasteiger partial charge is 0.476 e. The Labute approximate surface area is 50.7 Å². The summed E-state index contributed by atoms with van der Waals surface area (Å²) in [4.78, 5) is 0. The van der Waals surface area contributed by atoms with Crippen LogP contribution in [0.2, 0.25) is 0 Å². The van der Waals surface area contributed by atoms with Gasteiger partial charge in [-0.3, -0.25) is 0 Å². The summed E-state index contributed by atoms with van der Waals surface area (Å²) in [7, 11) is 0. The minimum absolute atomic E-state index is 0.0144. The standard InChI is InChI=1S/C4H7F3NO/c1-2-3(9)8-4(5,6)7/h3,9H,2H2,1H3. The SMILES string of the molecule is CCC(O)[N]C(F)(F)F. The van der Waals surface area contributed by atoms with Crippen LogP contribution < -0.4 is 5.32 Å². The molecule has 0 aliphatic rings.